The Morgan fingerprint density at radius 1 is 1.15 bits per heavy atom. The minimum atomic E-state index is -0.308. The van der Waals surface area contributed by atoms with E-state index in [0.717, 1.165) is 24.5 Å². The molecule has 0 bridgehead atoms. The van der Waals surface area contributed by atoms with Crippen LogP contribution in [0.15, 0.2) is 36.7 Å². The number of likely N-dealkylation sites (tertiary alicyclic amines) is 1. The number of nitrogens with zero attached hydrogens (tertiary/aromatic N) is 4. The summed E-state index contributed by atoms with van der Waals surface area (Å²) in [6.45, 7) is 4.11. The topological polar surface area (TPSA) is 70.6 Å². The number of nitrogens with one attached hydrogen (secondary N) is 1. The number of benzene rings is 1. The number of ether oxygens (including phenoxy) is 1. The fourth-order valence-corrected chi connectivity index (χ4v) is 3.41. The third-order valence-electron chi connectivity index (χ3n) is 4.89. The molecular formula is C19H22FN5O2. The van der Waals surface area contributed by atoms with Gasteiger partial charge < -0.3 is 19.9 Å². The fourth-order valence-electron chi connectivity index (χ4n) is 3.41. The lowest BCUT2D eigenvalue weighted by atomic mass is 10.2. The highest BCUT2D eigenvalue weighted by molar-refractivity contribution is 5.86. The first-order chi connectivity index (χ1) is 13.2. The molecule has 1 atom stereocenters. The molecule has 0 spiro atoms. The number of carbonyl (C=O) groups excluding carboxylic acids is 1. The molecule has 2 fully saturated rings. The smallest absolute Gasteiger partial charge is 0.245 e. The quantitative estimate of drug-likeness (QED) is 0.862. The first kappa shape index (κ1) is 17.7. The van der Waals surface area contributed by atoms with E-state index in [1.807, 2.05) is 6.07 Å². The highest BCUT2D eigenvalue weighted by Gasteiger charge is 2.31. The van der Waals surface area contributed by atoms with Crippen LogP contribution in [0.1, 0.15) is 12.0 Å². The van der Waals surface area contributed by atoms with E-state index in [-0.39, 0.29) is 17.8 Å². The lowest BCUT2D eigenvalue weighted by Gasteiger charge is -2.28. The average Bonchev–Trinajstić information content (AvgIpc) is 3.04. The van der Waals surface area contributed by atoms with Crippen LogP contribution in [0.4, 0.5) is 16.0 Å². The molecular weight excluding hydrogens is 349 g/mol. The molecule has 27 heavy (non-hydrogen) atoms. The number of anilines is 2. The Kier molecular flexibility index (Phi) is 5.15. The van der Waals surface area contributed by atoms with Crippen LogP contribution < -0.4 is 10.2 Å². The minimum Gasteiger partial charge on any atom is -0.378 e. The van der Waals surface area contributed by atoms with Crippen LogP contribution in [0.5, 0.6) is 0 Å². The van der Waals surface area contributed by atoms with Crippen molar-refractivity contribution in [3.63, 3.8) is 0 Å². The molecule has 0 saturated carbocycles. The second-order valence-corrected chi connectivity index (χ2v) is 6.73. The summed E-state index contributed by atoms with van der Waals surface area (Å²) in [5.41, 5.74) is 0.919. The van der Waals surface area contributed by atoms with Crippen molar-refractivity contribution in [3.05, 3.63) is 48.0 Å². The fraction of sp³-hybridized carbons (Fsp3) is 0.421. The average molecular weight is 371 g/mol. The molecule has 0 radical (unpaired) electrons. The van der Waals surface area contributed by atoms with Gasteiger partial charge in [-0.15, -0.1) is 0 Å². The monoisotopic (exact) mass is 371 g/mol. The molecule has 4 rings (SSSR count). The van der Waals surface area contributed by atoms with Crippen molar-refractivity contribution in [2.75, 3.05) is 43.1 Å². The summed E-state index contributed by atoms with van der Waals surface area (Å²) in [5.74, 6) is 1.25. The van der Waals surface area contributed by atoms with Crippen molar-refractivity contribution in [1.82, 2.24) is 14.9 Å². The zero-order valence-electron chi connectivity index (χ0n) is 15.0. The molecule has 1 N–H and O–H groups in total. The Hall–Kier alpha value is -2.74. The van der Waals surface area contributed by atoms with E-state index in [0.29, 0.717) is 38.5 Å². The Balaban J connectivity index is 1.38. The van der Waals surface area contributed by atoms with Crippen molar-refractivity contribution in [2.45, 2.75) is 19.0 Å². The molecule has 3 heterocycles. The molecule has 0 aliphatic carbocycles. The number of halogens is 1. The highest BCUT2D eigenvalue weighted by atomic mass is 19.1. The summed E-state index contributed by atoms with van der Waals surface area (Å²) in [4.78, 5) is 25.2. The van der Waals surface area contributed by atoms with Crippen LogP contribution >= 0.6 is 0 Å². The molecule has 7 nitrogen and oxygen atoms in total. The standard InChI is InChI=1S/C19H22FN5O2/c20-15-3-1-14(2-4-15)12-25-6-5-16(19(25)26)23-17-11-18(22-13-21-17)24-7-9-27-10-8-24/h1-4,11,13,16H,5-10,12H2,(H,21,22,23). The molecule has 2 aliphatic heterocycles. The predicted octanol–water partition coefficient (Wildman–Crippen LogP) is 1.67. The van der Waals surface area contributed by atoms with Crippen molar-refractivity contribution in [3.8, 4) is 0 Å². The largest absolute Gasteiger partial charge is 0.378 e. The van der Waals surface area contributed by atoms with Gasteiger partial charge in [0.2, 0.25) is 5.91 Å². The summed E-state index contributed by atoms with van der Waals surface area (Å²) in [5, 5.41) is 3.23. The van der Waals surface area contributed by atoms with E-state index in [1.54, 1.807) is 17.0 Å². The molecule has 142 valence electrons. The van der Waals surface area contributed by atoms with Gasteiger partial charge in [-0.25, -0.2) is 14.4 Å². The van der Waals surface area contributed by atoms with E-state index in [1.165, 1.54) is 18.5 Å². The molecule has 8 heteroatoms. The number of carbonyl (C=O) groups is 1. The van der Waals surface area contributed by atoms with E-state index < -0.39 is 0 Å². The summed E-state index contributed by atoms with van der Waals surface area (Å²) in [6, 6.07) is 7.82. The van der Waals surface area contributed by atoms with Gasteiger partial charge in [-0.3, -0.25) is 4.79 Å². The third-order valence-corrected chi connectivity index (χ3v) is 4.89. The van der Waals surface area contributed by atoms with E-state index >= 15 is 0 Å². The van der Waals surface area contributed by atoms with Crippen LogP contribution in [-0.2, 0) is 16.1 Å². The lowest BCUT2D eigenvalue weighted by molar-refractivity contribution is -0.128. The number of rotatable bonds is 5. The molecule has 2 aromatic rings. The number of aromatic nitrogens is 2. The van der Waals surface area contributed by atoms with Crippen molar-refractivity contribution >= 4 is 17.5 Å². The molecule has 1 aromatic heterocycles. The van der Waals surface area contributed by atoms with Crippen molar-refractivity contribution in [1.29, 1.82) is 0 Å². The molecule has 1 aromatic carbocycles. The summed E-state index contributed by atoms with van der Waals surface area (Å²) >= 11 is 0. The van der Waals surface area contributed by atoms with Crippen LogP contribution in [-0.4, -0.2) is 59.7 Å². The van der Waals surface area contributed by atoms with Crippen LogP contribution in [0.3, 0.4) is 0 Å². The third kappa shape index (κ3) is 4.16. The highest BCUT2D eigenvalue weighted by Crippen LogP contribution is 2.21. The molecule has 2 aliphatic rings. The van der Waals surface area contributed by atoms with Gasteiger partial charge in [0.1, 0.15) is 29.8 Å². The van der Waals surface area contributed by atoms with Gasteiger partial charge in [0.05, 0.1) is 13.2 Å². The maximum Gasteiger partial charge on any atom is 0.245 e. The van der Waals surface area contributed by atoms with Gasteiger partial charge in [-0.1, -0.05) is 12.1 Å². The number of morpholine rings is 1. The first-order valence-electron chi connectivity index (χ1n) is 9.13. The molecule has 2 saturated heterocycles. The van der Waals surface area contributed by atoms with Crippen LogP contribution in [0.2, 0.25) is 0 Å². The number of amides is 1. The van der Waals surface area contributed by atoms with E-state index in [9.17, 15) is 9.18 Å². The van der Waals surface area contributed by atoms with Gasteiger partial charge in [0.15, 0.2) is 0 Å². The summed E-state index contributed by atoms with van der Waals surface area (Å²) in [7, 11) is 0. The second kappa shape index (κ2) is 7.87. The summed E-state index contributed by atoms with van der Waals surface area (Å²) < 4.78 is 18.4. The Morgan fingerprint density at radius 3 is 2.70 bits per heavy atom. The van der Waals surface area contributed by atoms with Crippen LogP contribution in [0.25, 0.3) is 0 Å². The SMILES string of the molecule is O=C1C(Nc2cc(N3CCOCC3)ncn2)CCN1Cc1ccc(F)cc1. The zero-order chi connectivity index (χ0) is 18.6. The van der Waals surface area contributed by atoms with Crippen molar-refractivity contribution in [2.24, 2.45) is 0 Å². The van der Waals surface area contributed by atoms with Gasteiger partial charge in [0, 0.05) is 32.2 Å². The first-order valence-corrected chi connectivity index (χ1v) is 9.13. The molecule has 1 amide bonds. The van der Waals surface area contributed by atoms with Gasteiger partial charge in [-0.05, 0) is 24.1 Å². The Labute approximate surface area is 157 Å². The van der Waals surface area contributed by atoms with Gasteiger partial charge in [0.25, 0.3) is 0 Å². The minimum absolute atomic E-state index is 0.0332. The maximum atomic E-state index is 13.0. The summed E-state index contributed by atoms with van der Waals surface area (Å²) in [6.07, 6.45) is 2.22. The van der Waals surface area contributed by atoms with Crippen LogP contribution in [0, 0.1) is 5.82 Å². The van der Waals surface area contributed by atoms with E-state index in [4.69, 9.17) is 4.74 Å². The van der Waals surface area contributed by atoms with Gasteiger partial charge in [-0.2, -0.15) is 0 Å². The Morgan fingerprint density at radius 2 is 1.93 bits per heavy atom. The maximum absolute atomic E-state index is 13.0. The number of hydrogen-bond donors (Lipinski definition) is 1. The van der Waals surface area contributed by atoms with E-state index in [2.05, 4.69) is 20.2 Å². The second-order valence-electron chi connectivity index (χ2n) is 6.73. The van der Waals surface area contributed by atoms with Crippen molar-refractivity contribution < 1.29 is 13.9 Å². The zero-order valence-corrected chi connectivity index (χ0v) is 15.0. The Bertz CT molecular complexity index is 795. The normalized spacial score (nSPS) is 20.2. The number of hydrogen-bond acceptors (Lipinski definition) is 6. The predicted molar refractivity (Wildman–Crippen MR) is 98.9 cm³/mol. The molecule has 1 unspecified atom stereocenters. The lowest BCUT2D eigenvalue weighted by Crippen LogP contribution is -2.37. The van der Waals surface area contributed by atoms with Gasteiger partial charge >= 0.3 is 0 Å².